The van der Waals surface area contributed by atoms with Gasteiger partial charge in [0, 0.05) is 30.4 Å². The second-order valence-electron chi connectivity index (χ2n) is 5.69. The van der Waals surface area contributed by atoms with Crippen molar-refractivity contribution in [2.24, 2.45) is 0 Å². The Labute approximate surface area is 158 Å². The van der Waals surface area contributed by atoms with E-state index >= 15 is 0 Å². The van der Waals surface area contributed by atoms with E-state index in [0.29, 0.717) is 24.6 Å². The van der Waals surface area contributed by atoms with E-state index in [4.69, 9.17) is 16.3 Å². The summed E-state index contributed by atoms with van der Waals surface area (Å²) >= 11 is 7.93. The summed E-state index contributed by atoms with van der Waals surface area (Å²) < 4.78 is 4.99. The molecule has 0 radical (unpaired) electrons. The van der Waals surface area contributed by atoms with Gasteiger partial charge in [-0.1, -0.05) is 29.0 Å². The number of hydrogen-bond donors (Lipinski definition) is 2. The maximum Gasteiger partial charge on any atom is 0.294 e. The van der Waals surface area contributed by atoms with E-state index in [-0.39, 0.29) is 6.23 Å². The summed E-state index contributed by atoms with van der Waals surface area (Å²) in [5.74, 6) is 0. The molecule has 1 fully saturated rings. The normalized spacial score (nSPS) is 17.3. The topological polar surface area (TPSA) is 96.0 Å². The third-order valence-corrected chi connectivity index (χ3v) is 5.41. The Hall–Kier alpha value is -2.49. The summed E-state index contributed by atoms with van der Waals surface area (Å²) in [5, 5.41) is 20.5. The number of aromatic nitrogens is 4. The van der Waals surface area contributed by atoms with Crippen molar-refractivity contribution in [1.29, 1.82) is 0 Å². The van der Waals surface area contributed by atoms with Gasteiger partial charge < -0.3 is 9.64 Å². The first kappa shape index (κ1) is 17.0. The van der Waals surface area contributed by atoms with E-state index in [0.717, 1.165) is 33.4 Å². The number of carbonyl (C=O) groups excluding carboxylic acids is 1. The van der Waals surface area contributed by atoms with Crippen LogP contribution >= 0.6 is 22.9 Å². The molecule has 0 spiro atoms. The number of benzene rings is 1. The fourth-order valence-corrected chi connectivity index (χ4v) is 4.02. The van der Waals surface area contributed by atoms with Crippen molar-refractivity contribution in [3.05, 3.63) is 35.6 Å². The molecule has 10 heteroatoms. The maximum absolute atomic E-state index is 10.5. The van der Waals surface area contributed by atoms with E-state index in [1.807, 2.05) is 29.3 Å². The molecule has 4 rings (SSSR count). The van der Waals surface area contributed by atoms with E-state index in [1.54, 1.807) is 6.20 Å². The molecule has 0 saturated carbocycles. The minimum Gasteiger partial charge on any atom is -0.447 e. The lowest BCUT2D eigenvalue weighted by Crippen LogP contribution is -2.51. The Balaban J connectivity index is 1.55. The van der Waals surface area contributed by atoms with Crippen molar-refractivity contribution in [1.82, 2.24) is 25.7 Å². The Bertz CT molecular complexity index is 900. The molecule has 1 saturated heterocycles. The first-order valence-electron chi connectivity index (χ1n) is 7.94. The molecule has 3 heterocycles. The highest BCUT2D eigenvalue weighted by Crippen LogP contribution is 2.35. The van der Waals surface area contributed by atoms with Gasteiger partial charge in [-0.2, -0.15) is 5.10 Å². The van der Waals surface area contributed by atoms with Crippen LogP contribution in [0.1, 0.15) is 0 Å². The number of carbonyl (C=O) groups is 1. The number of anilines is 1. The smallest absolute Gasteiger partial charge is 0.294 e. The number of H-pyrrole nitrogens is 1. The highest BCUT2D eigenvalue weighted by Gasteiger charge is 2.23. The first-order chi connectivity index (χ1) is 12.7. The molecule has 8 nitrogen and oxygen atoms in total. The Morgan fingerprint density at radius 3 is 3.04 bits per heavy atom. The van der Waals surface area contributed by atoms with Crippen LogP contribution in [0.3, 0.4) is 0 Å². The van der Waals surface area contributed by atoms with Gasteiger partial charge in [0.1, 0.15) is 0 Å². The zero-order chi connectivity index (χ0) is 17.9. The summed E-state index contributed by atoms with van der Waals surface area (Å²) in [7, 11) is 0. The van der Waals surface area contributed by atoms with Crippen molar-refractivity contribution >= 4 is 34.5 Å². The zero-order valence-corrected chi connectivity index (χ0v) is 15.1. The summed E-state index contributed by atoms with van der Waals surface area (Å²) in [4.78, 5) is 12.6. The molecule has 2 aromatic heterocycles. The molecular weight excluding hydrogens is 376 g/mol. The van der Waals surface area contributed by atoms with Crippen molar-refractivity contribution in [3.8, 4) is 21.7 Å². The van der Waals surface area contributed by atoms with Crippen molar-refractivity contribution in [2.75, 3.05) is 24.5 Å². The predicted octanol–water partition coefficient (Wildman–Crippen LogP) is 2.16. The van der Waals surface area contributed by atoms with Crippen LogP contribution < -0.4 is 10.2 Å². The van der Waals surface area contributed by atoms with Crippen LogP contribution in [0.5, 0.6) is 0 Å². The van der Waals surface area contributed by atoms with Gasteiger partial charge in [0.2, 0.25) is 5.13 Å². The molecule has 1 aromatic carbocycles. The minimum atomic E-state index is -0.341. The number of aromatic amines is 1. The number of nitrogens with zero attached hydrogens (tertiary/aromatic N) is 4. The predicted molar refractivity (Wildman–Crippen MR) is 99.1 cm³/mol. The van der Waals surface area contributed by atoms with E-state index in [9.17, 15) is 4.79 Å². The molecule has 134 valence electrons. The summed E-state index contributed by atoms with van der Waals surface area (Å²) in [6.45, 7) is 2.45. The Morgan fingerprint density at radius 1 is 1.35 bits per heavy atom. The molecular formula is C16H15ClN6O2S. The van der Waals surface area contributed by atoms with Gasteiger partial charge in [0.15, 0.2) is 11.2 Å². The van der Waals surface area contributed by atoms with Gasteiger partial charge >= 0.3 is 0 Å². The lowest BCUT2D eigenvalue weighted by Gasteiger charge is -2.31. The van der Waals surface area contributed by atoms with Crippen LogP contribution in [-0.2, 0) is 9.53 Å². The van der Waals surface area contributed by atoms with Gasteiger partial charge in [-0.25, -0.2) is 0 Å². The fourth-order valence-electron chi connectivity index (χ4n) is 2.78. The van der Waals surface area contributed by atoms with Gasteiger partial charge in [0.05, 0.1) is 17.8 Å². The molecule has 26 heavy (non-hydrogen) atoms. The average Bonchev–Trinajstić information content (AvgIpc) is 3.34. The van der Waals surface area contributed by atoms with Crippen molar-refractivity contribution in [3.63, 3.8) is 0 Å². The lowest BCUT2D eigenvalue weighted by molar-refractivity contribution is -0.134. The molecule has 3 aromatic rings. The van der Waals surface area contributed by atoms with E-state index in [1.165, 1.54) is 11.3 Å². The molecule has 0 amide bonds. The molecule has 2 N–H and O–H groups in total. The molecule has 0 unspecified atom stereocenters. The van der Waals surface area contributed by atoms with Crippen LogP contribution in [0.2, 0.25) is 5.02 Å². The number of halogens is 1. The van der Waals surface area contributed by atoms with Crippen LogP contribution in [0.15, 0.2) is 30.6 Å². The summed E-state index contributed by atoms with van der Waals surface area (Å²) in [6, 6.07) is 5.80. The number of ether oxygens (including phenoxy) is 1. The van der Waals surface area contributed by atoms with Crippen molar-refractivity contribution < 1.29 is 9.53 Å². The second kappa shape index (κ2) is 7.40. The monoisotopic (exact) mass is 390 g/mol. The van der Waals surface area contributed by atoms with Crippen LogP contribution in [-0.4, -0.2) is 52.7 Å². The van der Waals surface area contributed by atoms with Crippen molar-refractivity contribution in [2.45, 2.75) is 6.23 Å². The average molecular weight is 391 g/mol. The molecule has 0 bridgehead atoms. The standard InChI is InChI=1S/C16H15ClN6O2S/c17-13-5-10(11-6-19-20-7-11)1-2-12(13)15-21-22-16(26-15)23-4-3-18-14(8-23)25-9-24/h1-2,5-7,9,14,18H,3-4,8H2,(H,19,20)/t14-/m1/s1. The number of rotatable bonds is 5. The Kier molecular flexibility index (Phi) is 4.83. The highest BCUT2D eigenvalue weighted by molar-refractivity contribution is 7.18. The van der Waals surface area contributed by atoms with Crippen LogP contribution in [0, 0.1) is 0 Å². The lowest BCUT2D eigenvalue weighted by atomic mass is 10.1. The molecule has 1 aliphatic rings. The number of hydrogen-bond acceptors (Lipinski definition) is 8. The third kappa shape index (κ3) is 3.41. The van der Waals surface area contributed by atoms with Gasteiger partial charge in [-0.3, -0.25) is 15.2 Å². The van der Waals surface area contributed by atoms with Crippen LogP contribution in [0.25, 0.3) is 21.7 Å². The number of piperazine rings is 1. The van der Waals surface area contributed by atoms with Gasteiger partial charge in [-0.05, 0) is 17.7 Å². The fraction of sp³-hybridized carbons (Fsp3) is 0.250. The maximum atomic E-state index is 10.5. The SMILES string of the molecule is O=CO[C@@H]1CN(c2nnc(-c3ccc(-c4cn[nH]c4)cc3Cl)s2)CCN1. The number of nitrogens with one attached hydrogen (secondary N) is 2. The second-order valence-corrected chi connectivity index (χ2v) is 7.06. The third-order valence-electron chi connectivity index (χ3n) is 4.08. The Morgan fingerprint density at radius 2 is 2.27 bits per heavy atom. The van der Waals surface area contributed by atoms with Crippen LogP contribution in [0.4, 0.5) is 5.13 Å². The molecule has 1 aliphatic heterocycles. The largest absolute Gasteiger partial charge is 0.447 e. The van der Waals surface area contributed by atoms with Gasteiger partial charge in [0.25, 0.3) is 6.47 Å². The van der Waals surface area contributed by atoms with E-state index < -0.39 is 0 Å². The summed E-state index contributed by atoms with van der Waals surface area (Å²) in [5.41, 5.74) is 2.78. The van der Waals surface area contributed by atoms with Gasteiger partial charge in [-0.15, -0.1) is 10.2 Å². The highest BCUT2D eigenvalue weighted by atomic mass is 35.5. The molecule has 1 atom stereocenters. The molecule has 0 aliphatic carbocycles. The quantitative estimate of drug-likeness (QED) is 0.644. The first-order valence-corrected chi connectivity index (χ1v) is 9.14. The summed E-state index contributed by atoms with van der Waals surface area (Å²) in [6.07, 6.45) is 3.22. The minimum absolute atomic E-state index is 0.341. The van der Waals surface area contributed by atoms with E-state index in [2.05, 4.69) is 25.7 Å². The zero-order valence-electron chi connectivity index (χ0n) is 13.6.